The molecule has 0 radical (unpaired) electrons. The van der Waals surface area contributed by atoms with Crippen molar-refractivity contribution in [2.45, 2.75) is 24.0 Å². The topological polar surface area (TPSA) is 20.3 Å². The summed E-state index contributed by atoms with van der Waals surface area (Å²) in [6.07, 6.45) is -3.95. The van der Waals surface area contributed by atoms with Gasteiger partial charge in [-0.15, -0.1) is 11.8 Å². The van der Waals surface area contributed by atoms with E-state index in [0.29, 0.717) is 24.3 Å². The van der Waals surface area contributed by atoms with Crippen molar-refractivity contribution in [1.29, 1.82) is 0 Å². The molecule has 0 saturated carbocycles. The average molecular weight is 353 g/mol. The molecule has 2 aromatic carbocycles. The summed E-state index contributed by atoms with van der Waals surface area (Å²) in [7, 11) is 1.66. The van der Waals surface area contributed by atoms with Crippen LogP contribution in [0.4, 0.5) is 13.2 Å². The minimum atomic E-state index is -4.34. The van der Waals surface area contributed by atoms with Gasteiger partial charge in [0.1, 0.15) is 0 Å². The number of rotatable bonds is 6. The standard InChI is InChI=1S/C18H18F3NOS/c1-22(13-14-7-9-15(10-8-14)18(19,20)21)17(23)11-12-24-16-5-3-2-4-6-16/h2-10H,11-13H2,1H3. The number of carbonyl (C=O) groups is 1. The van der Waals surface area contributed by atoms with Gasteiger partial charge in [0.25, 0.3) is 0 Å². The number of thioether (sulfide) groups is 1. The summed E-state index contributed by atoms with van der Waals surface area (Å²) in [4.78, 5) is 14.7. The Labute approximate surface area is 143 Å². The summed E-state index contributed by atoms with van der Waals surface area (Å²) in [6.45, 7) is 0.299. The minimum absolute atomic E-state index is 0.0293. The highest BCUT2D eigenvalue weighted by Gasteiger charge is 2.29. The highest BCUT2D eigenvalue weighted by molar-refractivity contribution is 7.99. The minimum Gasteiger partial charge on any atom is -0.341 e. The number of nitrogens with zero attached hydrogens (tertiary/aromatic N) is 1. The zero-order chi connectivity index (χ0) is 17.6. The van der Waals surface area contributed by atoms with Gasteiger partial charge in [0, 0.05) is 30.7 Å². The van der Waals surface area contributed by atoms with E-state index in [2.05, 4.69) is 0 Å². The molecule has 2 nitrogen and oxygen atoms in total. The summed E-state index contributed by atoms with van der Waals surface area (Å²) < 4.78 is 37.6. The van der Waals surface area contributed by atoms with Crippen molar-refractivity contribution >= 4 is 17.7 Å². The van der Waals surface area contributed by atoms with Crippen molar-refractivity contribution in [1.82, 2.24) is 4.90 Å². The van der Waals surface area contributed by atoms with Crippen LogP contribution in [0.1, 0.15) is 17.5 Å². The molecular weight excluding hydrogens is 335 g/mol. The zero-order valence-corrected chi connectivity index (χ0v) is 14.0. The lowest BCUT2D eigenvalue weighted by Gasteiger charge is -2.17. The van der Waals surface area contributed by atoms with Gasteiger partial charge >= 0.3 is 6.18 Å². The summed E-state index contributed by atoms with van der Waals surface area (Å²) in [5.74, 6) is 0.638. The van der Waals surface area contributed by atoms with Crippen molar-refractivity contribution in [3.63, 3.8) is 0 Å². The van der Waals surface area contributed by atoms with E-state index in [-0.39, 0.29) is 5.91 Å². The predicted molar refractivity (Wildman–Crippen MR) is 89.7 cm³/mol. The molecule has 0 aliphatic rings. The maximum Gasteiger partial charge on any atom is 0.416 e. The third-order valence-corrected chi connectivity index (χ3v) is 4.47. The molecule has 0 atom stereocenters. The smallest absolute Gasteiger partial charge is 0.341 e. The molecule has 0 N–H and O–H groups in total. The number of benzene rings is 2. The molecule has 1 amide bonds. The van der Waals surface area contributed by atoms with Crippen molar-refractivity contribution in [2.24, 2.45) is 0 Å². The van der Waals surface area contributed by atoms with Crippen LogP contribution in [0.2, 0.25) is 0 Å². The molecule has 0 heterocycles. The number of amides is 1. The van der Waals surface area contributed by atoms with E-state index >= 15 is 0 Å². The molecule has 0 unspecified atom stereocenters. The van der Waals surface area contributed by atoms with E-state index < -0.39 is 11.7 Å². The number of halogens is 3. The Balaban J connectivity index is 1.81. The molecule has 2 aromatic rings. The first-order chi connectivity index (χ1) is 11.4. The number of carbonyl (C=O) groups excluding carboxylic acids is 1. The van der Waals surface area contributed by atoms with E-state index in [9.17, 15) is 18.0 Å². The first-order valence-electron chi connectivity index (χ1n) is 7.44. The van der Waals surface area contributed by atoms with Crippen LogP contribution in [-0.2, 0) is 17.5 Å². The van der Waals surface area contributed by atoms with Crippen LogP contribution >= 0.6 is 11.8 Å². The monoisotopic (exact) mass is 353 g/mol. The second-order valence-electron chi connectivity index (χ2n) is 5.36. The van der Waals surface area contributed by atoms with Gasteiger partial charge < -0.3 is 4.90 Å². The molecule has 0 spiro atoms. The molecule has 0 saturated heterocycles. The van der Waals surface area contributed by atoms with Crippen molar-refractivity contribution in [3.05, 3.63) is 65.7 Å². The first kappa shape index (κ1) is 18.4. The maximum atomic E-state index is 12.5. The van der Waals surface area contributed by atoms with Crippen molar-refractivity contribution < 1.29 is 18.0 Å². The molecular formula is C18H18F3NOS. The number of alkyl halides is 3. The molecule has 0 aromatic heterocycles. The molecule has 128 valence electrons. The quantitative estimate of drug-likeness (QED) is 0.692. The summed E-state index contributed by atoms with van der Waals surface area (Å²) in [6, 6.07) is 14.7. The molecule has 2 rings (SSSR count). The molecule has 6 heteroatoms. The largest absolute Gasteiger partial charge is 0.416 e. The summed E-state index contributed by atoms with van der Waals surface area (Å²) in [5, 5.41) is 0. The third kappa shape index (κ3) is 5.60. The van der Waals surface area contributed by atoms with E-state index in [1.54, 1.807) is 18.8 Å². The van der Waals surface area contributed by atoms with Crippen LogP contribution in [-0.4, -0.2) is 23.6 Å². The highest BCUT2D eigenvalue weighted by atomic mass is 32.2. The number of hydrogen-bond acceptors (Lipinski definition) is 2. The number of hydrogen-bond donors (Lipinski definition) is 0. The third-order valence-electron chi connectivity index (χ3n) is 3.45. The van der Waals surface area contributed by atoms with Crippen molar-refractivity contribution in [2.75, 3.05) is 12.8 Å². The first-order valence-corrected chi connectivity index (χ1v) is 8.43. The van der Waals surface area contributed by atoms with E-state index in [1.165, 1.54) is 17.0 Å². The Morgan fingerprint density at radius 2 is 1.67 bits per heavy atom. The van der Waals surface area contributed by atoms with Crippen LogP contribution in [0.15, 0.2) is 59.5 Å². The summed E-state index contributed by atoms with van der Waals surface area (Å²) in [5.41, 5.74) is -0.00551. The Hall–Kier alpha value is -1.95. The average Bonchev–Trinajstić information content (AvgIpc) is 2.55. The van der Waals surface area contributed by atoms with Gasteiger partial charge in [0.05, 0.1) is 5.56 Å². The van der Waals surface area contributed by atoms with E-state index in [0.717, 1.165) is 17.0 Å². The van der Waals surface area contributed by atoms with Crippen LogP contribution < -0.4 is 0 Å². The van der Waals surface area contributed by atoms with Gasteiger partial charge in [0.15, 0.2) is 0 Å². The highest BCUT2D eigenvalue weighted by Crippen LogP contribution is 2.29. The Morgan fingerprint density at radius 1 is 1.04 bits per heavy atom. The predicted octanol–water partition coefficient (Wildman–Crippen LogP) is 4.85. The molecule has 0 aliphatic carbocycles. The van der Waals surface area contributed by atoms with E-state index in [4.69, 9.17) is 0 Å². The lowest BCUT2D eigenvalue weighted by Crippen LogP contribution is -2.26. The van der Waals surface area contributed by atoms with Crippen molar-refractivity contribution in [3.8, 4) is 0 Å². The lowest BCUT2D eigenvalue weighted by molar-refractivity contribution is -0.137. The fourth-order valence-corrected chi connectivity index (χ4v) is 2.99. The summed E-state index contributed by atoms with van der Waals surface area (Å²) >= 11 is 1.60. The molecule has 0 fully saturated rings. The molecule has 24 heavy (non-hydrogen) atoms. The fourth-order valence-electron chi connectivity index (χ4n) is 2.12. The Kier molecular flexibility index (Phi) is 6.31. The Morgan fingerprint density at radius 3 is 2.25 bits per heavy atom. The molecule has 0 bridgehead atoms. The van der Waals surface area contributed by atoms with Gasteiger partial charge in [-0.1, -0.05) is 30.3 Å². The van der Waals surface area contributed by atoms with Gasteiger partial charge in [-0.25, -0.2) is 0 Å². The van der Waals surface area contributed by atoms with Gasteiger partial charge in [0.2, 0.25) is 5.91 Å². The second-order valence-corrected chi connectivity index (χ2v) is 6.52. The SMILES string of the molecule is CN(Cc1ccc(C(F)(F)F)cc1)C(=O)CCSc1ccccc1. The lowest BCUT2D eigenvalue weighted by atomic mass is 10.1. The van der Waals surface area contributed by atoms with Crippen LogP contribution in [0, 0.1) is 0 Å². The Bertz CT molecular complexity index is 656. The maximum absolute atomic E-state index is 12.5. The van der Waals surface area contributed by atoms with Crippen LogP contribution in [0.5, 0.6) is 0 Å². The van der Waals surface area contributed by atoms with Gasteiger partial charge in [-0.2, -0.15) is 13.2 Å². The molecule has 0 aliphatic heterocycles. The normalized spacial score (nSPS) is 11.3. The van der Waals surface area contributed by atoms with Crippen LogP contribution in [0.25, 0.3) is 0 Å². The fraction of sp³-hybridized carbons (Fsp3) is 0.278. The van der Waals surface area contributed by atoms with Gasteiger partial charge in [-0.3, -0.25) is 4.79 Å². The van der Waals surface area contributed by atoms with Gasteiger partial charge in [-0.05, 0) is 29.8 Å². The second kappa shape index (κ2) is 8.24. The van der Waals surface area contributed by atoms with E-state index in [1.807, 2.05) is 30.3 Å². The zero-order valence-electron chi connectivity index (χ0n) is 13.2. The van der Waals surface area contributed by atoms with Crippen LogP contribution in [0.3, 0.4) is 0 Å².